The van der Waals surface area contributed by atoms with Gasteiger partial charge in [0.25, 0.3) is 0 Å². The largest absolute Gasteiger partial charge is 0.450 e. The van der Waals surface area contributed by atoms with Crippen LogP contribution in [0.4, 0.5) is 4.79 Å². The van der Waals surface area contributed by atoms with Crippen LogP contribution in [0.3, 0.4) is 0 Å². The molecule has 1 heterocycles. The molecule has 80 valence electrons. The summed E-state index contributed by atoms with van der Waals surface area (Å²) in [4.78, 5) is 22.4. The standard InChI is InChI=1S/C9H16N2O3/c1-2-14-9(13)11-7-5-3-4-6-10-8(7)12/h7H,2-6H2,1H3,(H,10,12)(H,11,13)/t7-/m1/s1. The SMILES string of the molecule is CCOC(=O)N[C@@H]1CCCCNC1=O. The molecule has 1 aliphatic heterocycles. The Labute approximate surface area is 83.2 Å². The van der Waals surface area contributed by atoms with Crippen molar-refractivity contribution in [1.82, 2.24) is 10.6 Å². The average molecular weight is 200 g/mol. The Morgan fingerprint density at radius 3 is 3.14 bits per heavy atom. The first-order valence-corrected chi connectivity index (χ1v) is 4.95. The number of alkyl carbamates (subject to hydrolysis) is 1. The van der Waals surface area contributed by atoms with Gasteiger partial charge in [-0.2, -0.15) is 0 Å². The Morgan fingerprint density at radius 2 is 2.43 bits per heavy atom. The Morgan fingerprint density at radius 1 is 1.64 bits per heavy atom. The predicted molar refractivity (Wildman–Crippen MR) is 50.8 cm³/mol. The summed E-state index contributed by atoms with van der Waals surface area (Å²) in [6.07, 6.45) is 2.07. The number of hydrogen-bond acceptors (Lipinski definition) is 3. The van der Waals surface area contributed by atoms with E-state index in [2.05, 4.69) is 10.6 Å². The molecule has 1 saturated heterocycles. The molecule has 1 rings (SSSR count). The Hall–Kier alpha value is -1.26. The van der Waals surface area contributed by atoms with E-state index in [1.807, 2.05) is 0 Å². The highest BCUT2D eigenvalue weighted by Crippen LogP contribution is 2.05. The number of hydrogen-bond donors (Lipinski definition) is 2. The van der Waals surface area contributed by atoms with E-state index < -0.39 is 12.1 Å². The summed E-state index contributed by atoms with van der Waals surface area (Å²) in [5.41, 5.74) is 0. The molecule has 5 nitrogen and oxygen atoms in total. The second-order valence-corrected chi connectivity index (χ2v) is 3.20. The van der Waals surface area contributed by atoms with Crippen molar-refractivity contribution in [1.29, 1.82) is 0 Å². The molecule has 1 aliphatic rings. The molecule has 2 amide bonds. The maximum atomic E-state index is 11.4. The van der Waals surface area contributed by atoms with Crippen LogP contribution in [0, 0.1) is 0 Å². The van der Waals surface area contributed by atoms with Crippen LogP contribution in [-0.4, -0.2) is 31.2 Å². The van der Waals surface area contributed by atoms with Crippen LogP contribution < -0.4 is 10.6 Å². The Balaban J connectivity index is 2.40. The number of rotatable bonds is 2. The van der Waals surface area contributed by atoms with Gasteiger partial charge in [0.2, 0.25) is 5.91 Å². The van der Waals surface area contributed by atoms with Crippen molar-refractivity contribution in [2.24, 2.45) is 0 Å². The molecule has 2 N–H and O–H groups in total. The third kappa shape index (κ3) is 3.24. The van der Waals surface area contributed by atoms with Gasteiger partial charge in [0.05, 0.1) is 6.61 Å². The number of amides is 2. The molecule has 0 spiro atoms. The lowest BCUT2D eigenvalue weighted by Gasteiger charge is -2.14. The van der Waals surface area contributed by atoms with Crippen LogP contribution in [-0.2, 0) is 9.53 Å². The lowest BCUT2D eigenvalue weighted by Crippen LogP contribution is -2.45. The number of nitrogens with one attached hydrogen (secondary N) is 2. The third-order valence-electron chi connectivity index (χ3n) is 2.10. The molecule has 0 unspecified atom stereocenters. The Bertz CT molecular complexity index is 218. The third-order valence-corrected chi connectivity index (χ3v) is 2.10. The molecular formula is C9H16N2O3. The van der Waals surface area contributed by atoms with Gasteiger partial charge in [0.1, 0.15) is 6.04 Å². The van der Waals surface area contributed by atoms with E-state index in [0.717, 1.165) is 12.8 Å². The molecule has 5 heteroatoms. The zero-order valence-corrected chi connectivity index (χ0v) is 8.34. The summed E-state index contributed by atoms with van der Waals surface area (Å²) in [6, 6.07) is -0.434. The first-order valence-electron chi connectivity index (χ1n) is 4.95. The number of carbonyl (C=O) groups excluding carboxylic acids is 2. The molecule has 0 aromatic carbocycles. The highest BCUT2D eigenvalue weighted by molar-refractivity contribution is 5.85. The van der Waals surface area contributed by atoms with E-state index in [-0.39, 0.29) is 5.91 Å². The van der Waals surface area contributed by atoms with Crippen LogP contribution in [0.5, 0.6) is 0 Å². The van der Waals surface area contributed by atoms with Crippen LogP contribution >= 0.6 is 0 Å². The van der Waals surface area contributed by atoms with Crippen molar-refractivity contribution < 1.29 is 14.3 Å². The minimum absolute atomic E-state index is 0.115. The highest BCUT2D eigenvalue weighted by atomic mass is 16.5. The minimum atomic E-state index is -0.519. The van der Waals surface area contributed by atoms with Crippen LogP contribution in [0.15, 0.2) is 0 Å². The van der Waals surface area contributed by atoms with Gasteiger partial charge in [-0.1, -0.05) is 0 Å². The molecule has 0 saturated carbocycles. The van der Waals surface area contributed by atoms with Gasteiger partial charge in [0, 0.05) is 6.54 Å². The maximum absolute atomic E-state index is 11.4. The zero-order valence-electron chi connectivity index (χ0n) is 8.34. The lowest BCUT2D eigenvalue weighted by molar-refractivity contribution is -0.122. The van der Waals surface area contributed by atoms with Gasteiger partial charge >= 0.3 is 6.09 Å². The summed E-state index contributed by atoms with van der Waals surface area (Å²) >= 11 is 0. The fraction of sp³-hybridized carbons (Fsp3) is 0.778. The second-order valence-electron chi connectivity index (χ2n) is 3.20. The van der Waals surface area contributed by atoms with Gasteiger partial charge in [-0.3, -0.25) is 4.79 Å². The summed E-state index contributed by atoms with van der Waals surface area (Å²) in [7, 11) is 0. The summed E-state index contributed by atoms with van der Waals surface area (Å²) < 4.78 is 4.70. The molecule has 0 bridgehead atoms. The average Bonchev–Trinajstić information content (AvgIpc) is 2.33. The topological polar surface area (TPSA) is 67.4 Å². The van der Waals surface area contributed by atoms with Gasteiger partial charge < -0.3 is 15.4 Å². The van der Waals surface area contributed by atoms with E-state index in [4.69, 9.17) is 4.74 Å². The molecule has 0 radical (unpaired) electrons. The first-order chi connectivity index (χ1) is 6.74. The van der Waals surface area contributed by atoms with E-state index in [1.165, 1.54) is 0 Å². The van der Waals surface area contributed by atoms with Crippen LogP contribution in [0.2, 0.25) is 0 Å². The van der Waals surface area contributed by atoms with E-state index >= 15 is 0 Å². The van der Waals surface area contributed by atoms with E-state index in [0.29, 0.717) is 19.6 Å². The van der Waals surface area contributed by atoms with Crippen molar-refractivity contribution in [3.63, 3.8) is 0 Å². The van der Waals surface area contributed by atoms with Crippen LogP contribution in [0.25, 0.3) is 0 Å². The number of ether oxygens (including phenoxy) is 1. The molecule has 0 aliphatic carbocycles. The van der Waals surface area contributed by atoms with E-state index in [1.54, 1.807) is 6.92 Å². The first kappa shape index (κ1) is 10.8. The van der Waals surface area contributed by atoms with Crippen LogP contribution in [0.1, 0.15) is 26.2 Å². The Kier molecular flexibility index (Phi) is 4.22. The van der Waals surface area contributed by atoms with E-state index in [9.17, 15) is 9.59 Å². The zero-order chi connectivity index (χ0) is 10.4. The fourth-order valence-corrected chi connectivity index (χ4v) is 1.39. The van der Waals surface area contributed by atoms with Crippen molar-refractivity contribution >= 4 is 12.0 Å². The summed E-state index contributed by atoms with van der Waals surface area (Å²) in [5, 5.41) is 5.27. The normalized spacial score (nSPS) is 22.1. The van der Waals surface area contributed by atoms with Crippen molar-refractivity contribution in [3.8, 4) is 0 Å². The molecule has 14 heavy (non-hydrogen) atoms. The molecule has 1 atom stereocenters. The molecule has 0 aromatic heterocycles. The van der Waals surface area contributed by atoms with Gasteiger partial charge in [-0.15, -0.1) is 0 Å². The minimum Gasteiger partial charge on any atom is -0.450 e. The van der Waals surface area contributed by atoms with Crippen molar-refractivity contribution in [2.45, 2.75) is 32.2 Å². The number of carbonyl (C=O) groups is 2. The highest BCUT2D eigenvalue weighted by Gasteiger charge is 2.22. The fourth-order valence-electron chi connectivity index (χ4n) is 1.39. The maximum Gasteiger partial charge on any atom is 0.407 e. The monoisotopic (exact) mass is 200 g/mol. The molecular weight excluding hydrogens is 184 g/mol. The van der Waals surface area contributed by atoms with Crippen molar-refractivity contribution in [3.05, 3.63) is 0 Å². The second kappa shape index (κ2) is 5.47. The van der Waals surface area contributed by atoms with Gasteiger partial charge in [-0.25, -0.2) is 4.79 Å². The van der Waals surface area contributed by atoms with Gasteiger partial charge in [-0.05, 0) is 26.2 Å². The molecule has 0 aromatic rings. The summed E-state index contributed by atoms with van der Waals surface area (Å²) in [6.45, 7) is 2.74. The molecule has 1 fully saturated rings. The van der Waals surface area contributed by atoms with Gasteiger partial charge in [0.15, 0.2) is 0 Å². The smallest absolute Gasteiger partial charge is 0.407 e. The van der Waals surface area contributed by atoms with Crippen molar-refractivity contribution in [2.75, 3.05) is 13.2 Å². The quantitative estimate of drug-likeness (QED) is 0.678. The lowest BCUT2D eigenvalue weighted by atomic mass is 10.1. The summed E-state index contributed by atoms with van der Waals surface area (Å²) in [5.74, 6) is -0.115. The predicted octanol–water partition coefficient (Wildman–Crippen LogP) is 0.401.